The Labute approximate surface area is 156 Å². The average Bonchev–Trinajstić information content (AvgIpc) is 3.21. The molecule has 2 N–H and O–H groups in total. The molecule has 0 aliphatic carbocycles. The van der Waals surface area contributed by atoms with Crippen molar-refractivity contribution in [2.75, 3.05) is 33.4 Å². The number of nitrogens with zero attached hydrogens (tertiary/aromatic N) is 3. The highest BCUT2D eigenvalue weighted by Gasteiger charge is 2.17. The topological polar surface area (TPSA) is 81.1 Å². The molecule has 0 aliphatic rings. The Morgan fingerprint density at radius 1 is 1.27 bits per heavy atom. The van der Waals surface area contributed by atoms with Gasteiger partial charge in [0.25, 0.3) is 0 Å². The molecule has 3 rings (SSSR count). The van der Waals surface area contributed by atoms with Crippen LogP contribution in [0.5, 0.6) is 0 Å². The van der Waals surface area contributed by atoms with Gasteiger partial charge in [-0.1, -0.05) is 12.1 Å². The van der Waals surface area contributed by atoms with Gasteiger partial charge in [0.05, 0.1) is 33.7 Å². The van der Waals surface area contributed by atoms with E-state index in [0.717, 1.165) is 34.0 Å². The second kappa shape index (κ2) is 8.88. The first-order valence-corrected chi connectivity index (χ1v) is 9.40. The molecule has 0 saturated heterocycles. The van der Waals surface area contributed by atoms with Crippen LogP contribution in [0.3, 0.4) is 0 Å². The maximum Gasteiger partial charge on any atom is 0.240 e. The number of imidazole rings is 1. The van der Waals surface area contributed by atoms with Crippen LogP contribution in [0.1, 0.15) is 5.69 Å². The molecule has 0 fully saturated rings. The molecule has 0 radical (unpaired) electrons. The van der Waals surface area contributed by atoms with Crippen LogP contribution >= 0.6 is 11.3 Å². The minimum Gasteiger partial charge on any atom is -0.383 e. The molecule has 0 aliphatic heterocycles. The van der Waals surface area contributed by atoms with Crippen LogP contribution in [-0.4, -0.2) is 53.8 Å². The first kappa shape index (κ1) is 18.5. The molecule has 0 atom stereocenters. The van der Waals surface area contributed by atoms with E-state index in [4.69, 9.17) is 9.72 Å². The summed E-state index contributed by atoms with van der Waals surface area (Å²) in [5.74, 6) is 0.754. The molecule has 1 aromatic carbocycles. The monoisotopic (exact) mass is 373 g/mol. The first-order valence-electron chi connectivity index (χ1n) is 8.52. The van der Waals surface area contributed by atoms with Crippen molar-refractivity contribution in [1.29, 1.82) is 0 Å². The SMILES string of the molecule is COCCNCCNC(=O)Cn1c(-c2scnc2C)nc2ccccc21. The fourth-order valence-corrected chi connectivity index (χ4v) is 3.52. The summed E-state index contributed by atoms with van der Waals surface area (Å²) in [5.41, 5.74) is 4.56. The number of hydrogen-bond acceptors (Lipinski definition) is 6. The van der Waals surface area contributed by atoms with E-state index in [1.54, 1.807) is 24.0 Å². The zero-order valence-electron chi connectivity index (χ0n) is 15.0. The number of nitrogens with one attached hydrogen (secondary N) is 2. The molecule has 2 aromatic heterocycles. The van der Waals surface area contributed by atoms with E-state index in [2.05, 4.69) is 15.6 Å². The van der Waals surface area contributed by atoms with Crippen molar-refractivity contribution < 1.29 is 9.53 Å². The number of carbonyl (C=O) groups is 1. The van der Waals surface area contributed by atoms with Crippen molar-refractivity contribution in [1.82, 2.24) is 25.2 Å². The molecule has 26 heavy (non-hydrogen) atoms. The summed E-state index contributed by atoms with van der Waals surface area (Å²) in [6.07, 6.45) is 0. The zero-order valence-corrected chi connectivity index (χ0v) is 15.8. The second-order valence-corrected chi connectivity index (χ2v) is 6.72. The summed E-state index contributed by atoms with van der Waals surface area (Å²) in [5, 5.41) is 6.15. The number of benzene rings is 1. The smallest absolute Gasteiger partial charge is 0.240 e. The summed E-state index contributed by atoms with van der Waals surface area (Å²) < 4.78 is 6.94. The summed E-state index contributed by atoms with van der Waals surface area (Å²) in [4.78, 5) is 22.5. The molecule has 2 heterocycles. The number of amides is 1. The van der Waals surface area contributed by atoms with Crippen molar-refractivity contribution in [3.8, 4) is 10.7 Å². The van der Waals surface area contributed by atoms with Gasteiger partial charge in [0, 0.05) is 26.7 Å². The fraction of sp³-hybridized carbons (Fsp3) is 0.389. The number of carbonyl (C=O) groups excluding carboxylic acids is 1. The van der Waals surface area contributed by atoms with Crippen molar-refractivity contribution in [3.63, 3.8) is 0 Å². The predicted molar refractivity (Wildman–Crippen MR) is 103 cm³/mol. The van der Waals surface area contributed by atoms with Crippen LogP contribution in [0.15, 0.2) is 29.8 Å². The van der Waals surface area contributed by atoms with Gasteiger partial charge in [-0.15, -0.1) is 11.3 Å². The number of ether oxygens (including phenoxy) is 1. The van der Waals surface area contributed by atoms with Gasteiger partial charge >= 0.3 is 0 Å². The lowest BCUT2D eigenvalue weighted by molar-refractivity contribution is -0.121. The van der Waals surface area contributed by atoms with Gasteiger partial charge in [0.1, 0.15) is 6.54 Å². The summed E-state index contributed by atoms with van der Waals surface area (Å²) in [6, 6.07) is 7.86. The van der Waals surface area contributed by atoms with Gasteiger partial charge in [-0.25, -0.2) is 9.97 Å². The number of para-hydroxylation sites is 2. The zero-order chi connectivity index (χ0) is 18.4. The highest BCUT2D eigenvalue weighted by atomic mass is 32.1. The van der Waals surface area contributed by atoms with Gasteiger partial charge in [-0.2, -0.15) is 0 Å². The maximum absolute atomic E-state index is 12.4. The summed E-state index contributed by atoms with van der Waals surface area (Å²) in [7, 11) is 1.67. The molecule has 0 bridgehead atoms. The first-order chi connectivity index (χ1) is 12.7. The minimum absolute atomic E-state index is 0.0369. The summed E-state index contributed by atoms with van der Waals surface area (Å²) >= 11 is 1.54. The van der Waals surface area contributed by atoms with E-state index in [9.17, 15) is 4.79 Å². The van der Waals surface area contributed by atoms with Crippen LogP contribution in [0.25, 0.3) is 21.7 Å². The van der Waals surface area contributed by atoms with Gasteiger partial charge in [-0.05, 0) is 19.1 Å². The van der Waals surface area contributed by atoms with E-state index in [1.165, 1.54) is 0 Å². The molecular formula is C18H23N5O2S. The van der Waals surface area contributed by atoms with Crippen molar-refractivity contribution >= 4 is 28.3 Å². The van der Waals surface area contributed by atoms with E-state index < -0.39 is 0 Å². The van der Waals surface area contributed by atoms with Gasteiger partial charge in [0.15, 0.2) is 5.82 Å². The standard InChI is InChI=1S/C18H23N5O2S/c1-13-17(26-12-21-13)18-22-14-5-3-4-6-15(14)23(18)11-16(24)20-8-7-19-9-10-25-2/h3-6,12,19H,7-11H2,1-2H3,(H,20,24). The molecule has 7 nitrogen and oxygen atoms in total. The number of thiazole rings is 1. The van der Waals surface area contributed by atoms with Crippen LogP contribution in [0, 0.1) is 6.92 Å². The second-order valence-electron chi connectivity index (χ2n) is 5.87. The largest absolute Gasteiger partial charge is 0.383 e. The number of aromatic nitrogens is 3. The van der Waals surface area contributed by atoms with Gasteiger partial charge in [0.2, 0.25) is 5.91 Å². The van der Waals surface area contributed by atoms with Crippen molar-refractivity contribution in [2.24, 2.45) is 0 Å². The highest BCUT2D eigenvalue weighted by molar-refractivity contribution is 7.13. The van der Waals surface area contributed by atoms with Crippen LogP contribution in [0.4, 0.5) is 0 Å². The Balaban J connectivity index is 1.72. The number of methoxy groups -OCH3 is 1. The Hall–Kier alpha value is -2.29. The average molecular weight is 373 g/mol. The molecule has 3 aromatic rings. The Kier molecular flexibility index (Phi) is 6.32. The van der Waals surface area contributed by atoms with E-state index in [1.807, 2.05) is 35.8 Å². The Bertz CT molecular complexity index is 873. The number of hydrogen-bond donors (Lipinski definition) is 2. The fourth-order valence-electron chi connectivity index (χ4n) is 2.71. The molecule has 1 amide bonds. The minimum atomic E-state index is -0.0369. The summed E-state index contributed by atoms with van der Waals surface area (Å²) in [6.45, 7) is 4.90. The third kappa shape index (κ3) is 4.27. The molecule has 0 spiro atoms. The number of fused-ring (bicyclic) bond motifs is 1. The van der Waals surface area contributed by atoms with Crippen LogP contribution in [-0.2, 0) is 16.1 Å². The predicted octanol–water partition coefficient (Wildman–Crippen LogP) is 1.82. The normalized spacial score (nSPS) is 11.2. The van der Waals surface area contributed by atoms with E-state index >= 15 is 0 Å². The maximum atomic E-state index is 12.4. The lowest BCUT2D eigenvalue weighted by Gasteiger charge is -2.10. The third-order valence-corrected chi connectivity index (χ3v) is 4.94. The molecule has 8 heteroatoms. The van der Waals surface area contributed by atoms with Crippen LogP contribution in [0.2, 0.25) is 0 Å². The highest BCUT2D eigenvalue weighted by Crippen LogP contribution is 2.29. The Morgan fingerprint density at radius 3 is 2.88 bits per heavy atom. The quantitative estimate of drug-likeness (QED) is 0.559. The molecule has 0 saturated carbocycles. The lowest BCUT2D eigenvalue weighted by atomic mass is 10.3. The van der Waals surface area contributed by atoms with Gasteiger partial charge in [-0.3, -0.25) is 4.79 Å². The number of rotatable bonds is 9. The van der Waals surface area contributed by atoms with Crippen LogP contribution < -0.4 is 10.6 Å². The van der Waals surface area contributed by atoms with E-state index in [0.29, 0.717) is 19.7 Å². The van der Waals surface area contributed by atoms with Gasteiger partial charge < -0.3 is 19.9 Å². The van der Waals surface area contributed by atoms with Crippen molar-refractivity contribution in [3.05, 3.63) is 35.5 Å². The molecular weight excluding hydrogens is 350 g/mol. The lowest BCUT2D eigenvalue weighted by Crippen LogP contribution is -2.35. The van der Waals surface area contributed by atoms with E-state index in [-0.39, 0.29) is 12.5 Å². The molecule has 138 valence electrons. The third-order valence-electron chi connectivity index (χ3n) is 4.01. The van der Waals surface area contributed by atoms with Crippen molar-refractivity contribution in [2.45, 2.75) is 13.5 Å². The molecule has 0 unspecified atom stereocenters. The number of aryl methyl sites for hydroxylation is 1. The Morgan fingerprint density at radius 2 is 2.12 bits per heavy atom.